The molecule has 3 rings (SSSR count). The Hall–Kier alpha value is -0.670. The molecule has 0 aromatic carbocycles. The SMILES string of the molecule is Cc1ccc(S(=O)(=O)N2CCCC(C(=O)N3CCNCC3C)C2)s1.Cl. The first kappa shape index (κ1) is 20.6. The van der Waals surface area contributed by atoms with Gasteiger partial charge >= 0.3 is 0 Å². The molecule has 2 aliphatic heterocycles. The van der Waals surface area contributed by atoms with Gasteiger partial charge < -0.3 is 10.2 Å². The lowest BCUT2D eigenvalue weighted by Gasteiger charge is -2.39. The molecule has 6 nitrogen and oxygen atoms in total. The summed E-state index contributed by atoms with van der Waals surface area (Å²) >= 11 is 1.29. The highest BCUT2D eigenvalue weighted by molar-refractivity contribution is 7.91. The quantitative estimate of drug-likeness (QED) is 0.827. The Labute approximate surface area is 160 Å². The van der Waals surface area contributed by atoms with Crippen LogP contribution in [-0.2, 0) is 14.8 Å². The number of carbonyl (C=O) groups excluding carboxylic acids is 1. The van der Waals surface area contributed by atoms with E-state index in [1.54, 1.807) is 6.07 Å². The summed E-state index contributed by atoms with van der Waals surface area (Å²) in [6.45, 7) is 7.05. The van der Waals surface area contributed by atoms with Crippen molar-refractivity contribution in [1.82, 2.24) is 14.5 Å². The van der Waals surface area contributed by atoms with Gasteiger partial charge in [-0.25, -0.2) is 8.42 Å². The number of nitrogens with zero attached hydrogens (tertiary/aromatic N) is 2. The highest BCUT2D eigenvalue weighted by Gasteiger charge is 2.37. The average molecular weight is 408 g/mol. The van der Waals surface area contributed by atoms with Gasteiger partial charge in [-0.15, -0.1) is 23.7 Å². The topological polar surface area (TPSA) is 69.7 Å². The lowest BCUT2D eigenvalue weighted by Crippen LogP contribution is -2.55. The Balaban J connectivity index is 0.00000225. The molecule has 2 aliphatic rings. The molecule has 0 bridgehead atoms. The van der Waals surface area contributed by atoms with Crippen molar-refractivity contribution in [2.75, 3.05) is 32.7 Å². The maximum Gasteiger partial charge on any atom is 0.252 e. The van der Waals surface area contributed by atoms with Crippen LogP contribution in [0.15, 0.2) is 16.3 Å². The van der Waals surface area contributed by atoms with Gasteiger partial charge in [-0.3, -0.25) is 4.79 Å². The molecular weight excluding hydrogens is 382 g/mol. The number of hydrogen-bond acceptors (Lipinski definition) is 5. The number of thiophene rings is 1. The highest BCUT2D eigenvalue weighted by atomic mass is 35.5. The van der Waals surface area contributed by atoms with Gasteiger partial charge in [0.05, 0.1) is 5.92 Å². The van der Waals surface area contributed by atoms with Crippen LogP contribution < -0.4 is 5.32 Å². The van der Waals surface area contributed by atoms with E-state index in [0.717, 1.165) is 30.8 Å². The number of sulfonamides is 1. The van der Waals surface area contributed by atoms with Crippen LogP contribution in [0.3, 0.4) is 0 Å². The molecule has 0 saturated carbocycles. The van der Waals surface area contributed by atoms with E-state index < -0.39 is 10.0 Å². The summed E-state index contributed by atoms with van der Waals surface area (Å²) in [5.74, 6) is -0.124. The van der Waals surface area contributed by atoms with E-state index in [1.807, 2.05) is 24.8 Å². The summed E-state index contributed by atoms with van der Waals surface area (Å²) in [6, 6.07) is 3.66. The maximum atomic E-state index is 12.9. The summed E-state index contributed by atoms with van der Waals surface area (Å²) < 4.78 is 27.5. The normalized spacial score (nSPS) is 25.4. The third-order valence-electron chi connectivity index (χ3n) is 4.83. The first-order chi connectivity index (χ1) is 11.4. The Bertz CT molecular complexity index is 707. The van der Waals surface area contributed by atoms with E-state index in [0.29, 0.717) is 23.8 Å². The number of amides is 1. The molecule has 2 saturated heterocycles. The van der Waals surface area contributed by atoms with Crippen LogP contribution in [0.1, 0.15) is 24.6 Å². The van der Waals surface area contributed by atoms with Gasteiger partial charge in [-0.05, 0) is 38.8 Å². The van der Waals surface area contributed by atoms with Crippen LogP contribution in [0.25, 0.3) is 0 Å². The van der Waals surface area contributed by atoms with Crippen molar-refractivity contribution in [3.63, 3.8) is 0 Å². The van der Waals surface area contributed by atoms with Crippen molar-refractivity contribution < 1.29 is 13.2 Å². The zero-order chi connectivity index (χ0) is 17.3. The minimum absolute atomic E-state index is 0. The Morgan fingerprint density at radius 3 is 2.72 bits per heavy atom. The zero-order valence-electron chi connectivity index (χ0n) is 14.6. The summed E-state index contributed by atoms with van der Waals surface area (Å²) in [5, 5.41) is 3.28. The fourth-order valence-electron chi connectivity index (χ4n) is 3.44. The van der Waals surface area contributed by atoms with Crippen molar-refractivity contribution >= 4 is 39.7 Å². The molecule has 0 spiro atoms. The second kappa shape index (κ2) is 8.35. The molecule has 9 heteroatoms. The molecule has 1 aromatic rings. The van der Waals surface area contributed by atoms with E-state index in [9.17, 15) is 13.2 Å². The molecule has 142 valence electrons. The summed E-state index contributed by atoms with van der Waals surface area (Å²) in [7, 11) is -3.48. The Morgan fingerprint density at radius 1 is 1.32 bits per heavy atom. The summed E-state index contributed by atoms with van der Waals surface area (Å²) in [5.41, 5.74) is 0. The first-order valence-electron chi connectivity index (χ1n) is 8.47. The van der Waals surface area contributed by atoms with Gasteiger partial charge in [0.1, 0.15) is 4.21 Å². The molecule has 0 aliphatic carbocycles. The number of rotatable bonds is 3. The molecule has 2 fully saturated rings. The van der Waals surface area contributed by atoms with Crippen LogP contribution in [0.4, 0.5) is 0 Å². The minimum atomic E-state index is -3.48. The lowest BCUT2D eigenvalue weighted by atomic mass is 9.97. The van der Waals surface area contributed by atoms with Crippen LogP contribution >= 0.6 is 23.7 Å². The number of piperidine rings is 1. The number of hydrogen-bond donors (Lipinski definition) is 1. The molecule has 1 amide bonds. The van der Waals surface area contributed by atoms with Crippen molar-refractivity contribution in [2.45, 2.75) is 36.9 Å². The second-order valence-electron chi connectivity index (χ2n) is 6.65. The number of aryl methyl sites for hydroxylation is 1. The largest absolute Gasteiger partial charge is 0.337 e. The third-order valence-corrected chi connectivity index (χ3v) is 8.16. The van der Waals surface area contributed by atoms with Gasteiger partial charge in [0.2, 0.25) is 5.91 Å². The molecule has 25 heavy (non-hydrogen) atoms. The van der Waals surface area contributed by atoms with Gasteiger partial charge in [-0.1, -0.05) is 0 Å². The molecule has 2 unspecified atom stereocenters. The summed E-state index contributed by atoms with van der Waals surface area (Å²) in [4.78, 5) is 15.7. The van der Waals surface area contributed by atoms with Gasteiger partial charge in [0, 0.05) is 43.6 Å². The van der Waals surface area contributed by atoms with Gasteiger partial charge in [0.25, 0.3) is 10.0 Å². The second-order valence-corrected chi connectivity index (χ2v) is 10.1. The van der Waals surface area contributed by atoms with Gasteiger partial charge in [0.15, 0.2) is 0 Å². The fourth-order valence-corrected chi connectivity index (χ4v) is 6.40. The molecular formula is C16H26ClN3O3S2. The van der Waals surface area contributed by atoms with E-state index in [1.165, 1.54) is 15.6 Å². The predicted molar refractivity (Wildman–Crippen MR) is 102 cm³/mol. The van der Waals surface area contributed by atoms with Crippen molar-refractivity contribution in [3.8, 4) is 0 Å². The Morgan fingerprint density at radius 2 is 2.08 bits per heavy atom. The van der Waals surface area contributed by atoms with E-state index in [4.69, 9.17) is 0 Å². The van der Waals surface area contributed by atoms with Crippen molar-refractivity contribution in [2.24, 2.45) is 5.92 Å². The van der Waals surface area contributed by atoms with Crippen LogP contribution in [0.2, 0.25) is 0 Å². The molecule has 0 radical (unpaired) electrons. The molecule has 1 N–H and O–H groups in total. The molecule has 3 heterocycles. The van der Waals surface area contributed by atoms with Gasteiger partial charge in [-0.2, -0.15) is 4.31 Å². The maximum absolute atomic E-state index is 12.9. The molecule has 2 atom stereocenters. The monoisotopic (exact) mass is 407 g/mol. The standard InChI is InChI=1S/C16H25N3O3S2.ClH/c1-12-10-17-7-9-19(12)16(20)14-4-3-8-18(11-14)24(21,22)15-6-5-13(2)23-15;/h5-6,12,14,17H,3-4,7-11H2,1-2H3;1H. The first-order valence-corrected chi connectivity index (χ1v) is 10.7. The molecule has 1 aromatic heterocycles. The van der Waals surface area contributed by atoms with E-state index in [-0.39, 0.29) is 30.3 Å². The number of carbonyl (C=O) groups is 1. The smallest absolute Gasteiger partial charge is 0.252 e. The number of nitrogens with one attached hydrogen (secondary N) is 1. The highest BCUT2D eigenvalue weighted by Crippen LogP contribution is 2.29. The average Bonchev–Trinajstić information content (AvgIpc) is 3.02. The lowest BCUT2D eigenvalue weighted by molar-refractivity contribution is -0.139. The van der Waals surface area contributed by atoms with Crippen LogP contribution in [0.5, 0.6) is 0 Å². The predicted octanol–water partition coefficient (Wildman–Crippen LogP) is 1.70. The van der Waals surface area contributed by atoms with Crippen molar-refractivity contribution in [1.29, 1.82) is 0 Å². The zero-order valence-corrected chi connectivity index (χ0v) is 17.1. The van der Waals surface area contributed by atoms with E-state index in [2.05, 4.69) is 5.32 Å². The Kier molecular flexibility index (Phi) is 6.89. The summed E-state index contributed by atoms with van der Waals surface area (Å²) in [6.07, 6.45) is 1.51. The van der Waals surface area contributed by atoms with E-state index >= 15 is 0 Å². The number of halogens is 1. The van der Waals surface area contributed by atoms with Crippen LogP contribution in [0, 0.1) is 12.8 Å². The number of piperazine rings is 1. The third kappa shape index (κ3) is 4.36. The van der Waals surface area contributed by atoms with Crippen LogP contribution in [-0.4, -0.2) is 62.3 Å². The fraction of sp³-hybridized carbons (Fsp3) is 0.688. The van der Waals surface area contributed by atoms with Crippen molar-refractivity contribution in [3.05, 3.63) is 17.0 Å². The minimum Gasteiger partial charge on any atom is -0.337 e.